The monoisotopic (exact) mass is 332 g/mol. The van der Waals surface area contributed by atoms with Gasteiger partial charge in [0.2, 0.25) is 0 Å². The fourth-order valence-electron chi connectivity index (χ4n) is 1.70. The molecular weight excluding hydrogens is 320 g/mol. The van der Waals surface area contributed by atoms with Crippen molar-refractivity contribution in [3.63, 3.8) is 0 Å². The zero-order valence-corrected chi connectivity index (χ0v) is 12.6. The lowest BCUT2D eigenvalue weighted by molar-refractivity contribution is 0.284. The van der Waals surface area contributed by atoms with Crippen molar-refractivity contribution in [3.8, 4) is 17.6 Å². The summed E-state index contributed by atoms with van der Waals surface area (Å²) < 4.78 is 11.0. The van der Waals surface area contributed by atoms with Crippen LogP contribution in [0, 0.1) is 11.3 Å². The van der Waals surface area contributed by atoms with Gasteiger partial charge in [0.25, 0.3) is 0 Å². The molecule has 1 heterocycles. The van der Waals surface area contributed by atoms with E-state index < -0.39 is 0 Å². The molecule has 5 heteroatoms. The minimum absolute atomic E-state index is 0.362. The highest BCUT2D eigenvalue weighted by Gasteiger charge is 2.06. The van der Waals surface area contributed by atoms with E-state index in [-0.39, 0.29) is 0 Å². The SMILES string of the molecule is COc1cc(CBr)ccc1OCc1ccnc(C#N)c1. The molecular formula is C15H13BrN2O2. The van der Waals surface area contributed by atoms with Gasteiger partial charge in [0.1, 0.15) is 18.4 Å². The molecule has 1 aromatic carbocycles. The quantitative estimate of drug-likeness (QED) is 0.787. The van der Waals surface area contributed by atoms with Crippen molar-refractivity contribution in [1.29, 1.82) is 5.26 Å². The van der Waals surface area contributed by atoms with Gasteiger partial charge in [0.05, 0.1) is 7.11 Å². The van der Waals surface area contributed by atoms with Crippen molar-refractivity contribution >= 4 is 15.9 Å². The van der Waals surface area contributed by atoms with Crippen LogP contribution in [0.4, 0.5) is 0 Å². The number of aromatic nitrogens is 1. The molecule has 0 saturated carbocycles. The second kappa shape index (κ2) is 6.92. The third-order valence-corrected chi connectivity index (χ3v) is 3.36. The molecule has 0 atom stereocenters. The third kappa shape index (κ3) is 3.49. The highest BCUT2D eigenvalue weighted by molar-refractivity contribution is 9.08. The molecule has 0 unspecified atom stereocenters. The zero-order chi connectivity index (χ0) is 14.4. The summed E-state index contributed by atoms with van der Waals surface area (Å²) in [5, 5.41) is 9.57. The first-order valence-electron chi connectivity index (χ1n) is 5.97. The Balaban J connectivity index is 2.12. The van der Waals surface area contributed by atoms with Crippen molar-refractivity contribution in [2.24, 2.45) is 0 Å². The summed E-state index contributed by atoms with van der Waals surface area (Å²) in [5.41, 5.74) is 2.39. The van der Waals surface area contributed by atoms with Crippen LogP contribution < -0.4 is 9.47 Å². The summed E-state index contributed by atoms with van der Waals surface area (Å²) >= 11 is 3.40. The van der Waals surface area contributed by atoms with Gasteiger partial charge in [-0.2, -0.15) is 5.26 Å². The van der Waals surface area contributed by atoms with Crippen LogP contribution in [0.25, 0.3) is 0 Å². The summed E-state index contributed by atoms with van der Waals surface area (Å²) in [6, 6.07) is 11.3. The fourth-order valence-corrected chi connectivity index (χ4v) is 2.05. The third-order valence-electron chi connectivity index (χ3n) is 2.72. The predicted octanol–water partition coefficient (Wildman–Crippen LogP) is 3.44. The number of halogens is 1. The van der Waals surface area contributed by atoms with Gasteiger partial charge in [-0.1, -0.05) is 22.0 Å². The van der Waals surface area contributed by atoms with Crippen molar-refractivity contribution in [1.82, 2.24) is 4.98 Å². The lowest BCUT2D eigenvalue weighted by atomic mass is 10.2. The molecule has 0 amide bonds. The number of methoxy groups -OCH3 is 1. The maximum atomic E-state index is 8.81. The van der Waals surface area contributed by atoms with Gasteiger partial charge in [0.15, 0.2) is 11.5 Å². The van der Waals surface area contributed by atoms with E-state index in [0.717, 1.165) is 16.5 Å². The molecule has 1 aromatic heterocycles. The van der Waals surface area contributed by atoms with E-state index in [0.29, 0.717) is 23.8 Å². The second-order valence-electron chi connectivity index (χ2n) is 4.07. The molecule has 2 aromatic rings. The van der Waals surface area contributed by atoms with E-state index in [9.17, 15) is 0 Å². The maximum absolute atomic E-state index is 8.81. The topological polar surface area (TPSA) is 55.1 Å². The first-order chi connectivity index (χ1) is 9.76. The van der Waals surface area contributed by atoms with Gasteiger partial charge in [-0.3, -0.25) is 0 Å². The molecule has 0 fully saturated rings. The molecule has 20 heavy (non-hydrogen) atoms. The number of hydrogen-bond donors (Lipinski definition) is 0. The van der Waals surface area contributed by atoms with Crippen molar-refractivity contribution in [2.45, 2.75) is 11.9 Å². The molecule has 0 aliphatic heterocycles. The van der Waals surface area contributed by atoms with E-state index in [2.05, 4.69) is 20.9 Å². The van der Waals surface area contributed by atoms with Gasteiger partial charge in [-0.25, -0.2) is 4.98 Å². The van der Waals surface area contributed by atoms with Crippen LogP contribution in [-0.4, -0.2) is 12.1 Å². The minimum Gasteiger partial charge on any atom is -0.493 e. The summed E-state index contributed by atoms with van der Waals surface area (Å²) in [6.07, 6.45) is 1.60. The standard InChI is InChI=1S/C15H13BrN2O2/c1-19-15-7-11(8-16)2-3-14(15)20-10-12-4-5-18-13(6-12)9-17/h2-7H,8,10H2,1H3. The van der Waals surface area contributed by atoms with Crippen LogP contribution in [0.3, 0.4) is 0 Å². The van der Waals surface area contributed by atoms with Crippen LogP contribution in [0.1, 0.15) is 16.8 Å². The van der Waals surface area contributed by atoms with E-state index in [1.54, 1.807) is 19.4 Å². The molecule has 0 aliphatic carbocycles. The lowest BCUT2D eigenvalue weighted by Crippen LogP contribution is -1.99. The van der Waals surface area contributed by atoms with Crippen molar-refractivity contribution in [2.75, 3.05) is 7.11 Å². The molecule has 0 spiro atoms. The lowest BCUT2D eigenvalue weighted by Gasteiger charge is -2.11. The fraction of sp³-hybridized carbons (Fsp3) is 0.200. The maximum Gasteiger partial charge on any atom is 0.161 e. The summed E-state index contributed by atoms with van der Waals surface area (Å²) in [5.74, 6) is 1.36. The number of rotatable bonds is 5. The van der Waals surface area contributed by atoms with Gasteiger partial charge < -0.3 is 9.47 Å². The van der Waals surface area contributed by atoms with Crippen LogP contribution in [0.2, 0.25) is 0 Å². The Morgan fingerprint density at radius 1 is 1.20 bits per heavy atom. The van der Waals surface area contributed by atoms with Gasteiger partial charge in [-0.15, -0.1) is 0 Å². The molecule has 0 radical (unpaired) electrons. The van der Waals surface area contributed by atoms with Crippen LogP contribution >= 0.6 is 15.9 Å². The van der Waals surface area contributed by atoms with E-state index in [1.807, 2.05) is 30.3 Å². The molecule has 0 N–H and O–H groups in total. The Bertz CT molecular complexity index is 638. The summed E-state index contributed by atoms with van der Waals surface area (Å²) in [6.45, 7) is 0.362. The Morgan fingerprint density at radius 2 is 2.05 bits per heavy atom. The molecule has 102 valence electrons. The van der Waals surface area contributed by atoms with Crippen LogP contribution in [0.15, 0.2) is 36.5 Å². The summed E-state index contributed by atoms with van der Waals surface area (Å²) in [7, 11) is 1.61. The molecule has 0 saturated heterocycles. The predicted molar refractivity (Wildman–Crippen MR) is 78.9 cm³/mol. The van der Waals surface area contributed by atoms with Crippen molar-refractivity contribution in [3.05, 3.63) is 53.3 Å². The van der Waals surface area contributed by atoms with Crippen LogP contribution in [0.5, 0.6) is 11.5 Å². The van der Waals surface area contributed by atoms with Gasteiger partial charge in [-0.05, 0) is 35.4 Å². The average molecular weight is 333 g/mol. The average Bonchev–Trinajstić information content (AvgIpc) is 2.52. The number of alkyl halides is 1. The Kier molecular flexibility index (Phi) is 4.97. The minimum atomic E-state index is 0.362. The number of benzene rings is 1. The molecule has 0 bridgehead atoms. The number of pyridine rings is 1. The normalized spacial score (nSPS) is 9.85. The largest absolute Gasteiger partial charge is 0.493 e. The number of ether oxygens (including phenoxy) is 2. The van der Waals surface area contributed by atoms with Crippen molar-refractivity contribution < 1.29 is 9.47 Å². The van der Waals surface area contributed by atoms with E-state index in [4.69, 9.17) is 14.7 Å². The van der Waals surface area contributed by atoms with Gasteiger partial charge in [0, 0.05) is 11.5 Å². The summed E-state index contributed by atoms with van der Waals surface area (Å²) in [4.78, 5) is 3.92. The molecule has 2 rings (SSSR count). The Labute approximate surface area is 126 Å². The molecule has 0 aliphatic rings. The highest BCUT2D eigenvalue weighted by atomic mass is 79.9. The number of nitriles is 1. The first kappa shape index (κ1) is 14.4. The molecule has 4 nitrogen and oxygen atoms in total. The first-order valence-corrected chi connectivity index (χ1v) is 7.09. The number of nitrogens with zero attached hydrogens (tertiary/aromatic N) is 2. The smallest absolute Gasteiger partial charge is 0.161 e. The number of hydrogen-bond acceptors (Lipinski definition) is 4. The second-order valence-corrected chi connectivity index (χ2v) is 4.63. The Hall–Kier alpha value is -2.06. The Morgan fingerprint density at radius 3 is 2.75 bits per heavy atom. The van der Waals surface area contributed by atoms with Gasteiger partial charge >= 0.3 is 0 Å². The van der Waals surface area contributed by atoms with E-state index >= 15 is 0 Å². The van der Waals surface area contributed by atoms with E-state index in [1.165, 1.54) is 0 Å². The highest BCUT2D eigenvalue weighted by Crippen LogP contribution is 2.29. The zero-order valence-electron chi connectivity index (χ0n) is 11.0. The van der Waals surface area contributed by atoms with Crippen LogP contribution in [-0.2, 0) is 11.9 Å².